The van der Waals surface area contributed by atoms with Gasteiger partial charge in [0.05, 0.1) is 18.6 Å². The van der Waals surface area contributed by atoms with Gasteiger partial charge in [-0.15, -0.1) is 0 Å². The van der Waals surface area contributed by atoms with Gasteiger partial charge in [-0.2, -0.15) is 4.39 Å². The summed E-state index contributed by atoms with van der Waals surface area (Å²) in [5.74, 6) is -0.0200. The van der Waals surface area contributed by atoms with Gasteiger partial charge < -0.3 is 14.5 Å². The third-order valence-corrected chi connectivity index (χ3v) is 4.25. The molecule has 4 rings (SSSR count). The molecule has 122 valence electrons. The van der Waals surface area contributed by atoms with Crippen LogP contribution in [0.3, 0.4) is 0 Å². The van der Waals surface area contributed by atoms with Crippen LogP contribution >= 0.6 is 11.6 Å². The van der Waals surface area contributed by atoms with Crippen LogP contribution < -0.4 is 10.5 Å². The van der Waals surface area contributed by atoms with E-state index in [2.05, 4.69) is 19.9 Å². The molecule has 0 aliphatic carbocycles. The molecule has 0 aromatic carbocycles. The standard InChI is InChI=1S/C15H12ClFN6O/c16-12-14(22-3-4-23-8-18-6-10(23)7-22)20-13(21-15(12)24)9-1-2-19-11(17)5-9/h1-2,5-6,8H,3-4,7H2,(H,20,21,24). The first-order valence-corrected chi connectivity index (χ1v) is 7.65. The Morgan fingerprint density at radius 1 is 1.33 bits per heavy atom. The van der Waals surface area contributed by atoms with E-state index in [0.29, 0.717) is 24.5 Å². The highest BCUT2D eigenvalue weighted by Gasteiger charge is 2.22. The lowest BCUT2D eigenvalue weighted by atomic mass is 10.2. The molecule has 0 bridgehead atoms. The van der Waals surface area contributed by atoms with Crippen LogP contribution in [0, 0.1) is 5.95 Å². The Morgan fingerprint density at radius 2 is 2.21 bits per heavy atom. The summed E-state index contributed by atoms with van der Waals surface area (Å²) in [6, 6.07) is 2.78. The molecular weight excluding hydrogens is 335 g/mol. The molecule has 1 N–H and O–H groups in total. The summed E-state index contributed by atoms with van der Waals surface area (Å²) in [7, 11) is 0. The molecule has 1 aliphatic heterocycles. The van der Waals surface area contributed by atoms with Crippen LogP contribution in [0.4, 0.5) is 10.2 Å². The van der Waals surface area contributed by atoms with Gasteiger partial charge in [0, 0.05) is 37.1 Å². The Morgan fingerprint density at radius 3 is 3.04 bits per heavy atom. The van der Waals surface area contributed by atoms with Crippen molar-refractivity contribution in [3.8, 4) is 11.4 Å². The minimum Gasteiger partial charge on any atom is -0.347 e. The molecule has 24 heavy (non-hydrogen) atoms. The second-order valence-electron chi connectivity index (χ2n) is 5.42. The van der Waals surface area contributed by atoms with Crippen LogP contribution in [-0.2, 0) is 13.1 Å². The molecule has 0 fully saturated rings. The number of rotatable bonds is 2. The number of imidazole rings is 1. The number of anilines is 1. The van der Waals surface area contributed by atoms with Crippen LogP contribution in [-0.4, -0.2) is 31.0 Å². The van der Waals surface area contributed by atoms with Crippen LogP contribution in [0.2, 0.25) is 5.02 Å². The highest BCUT2D eigenvalue weighted by Crippen LogP contribution is 2.26. The topological polar surface area (TPSA) is 79.7 Å². The molecule has 1 aliphatic rings. The number of H-pyrrole nitrogens is 1. The highest BCUT2D eigenvalue weighted by atomic mass is 35.5. The summed E-state index contributed by atoms with van der Waals surface area (Å²) in [5, 5.41) is 0.0150. The van der Waals surface area contributed by atoms with E-state index < -0.39 is 11.5 Å². The average Bonchev–Trinajstić information content (AvgIpc) is 3.05. The number of pyridine rings is 1. The Kier molecular flexibility index (Phi) is 3.53. The van der Waals surface area contributed by atoms with E-state index in [1.165, 1.54) is 12.3 Å². The number of hydrogen-bond acceptors (Lipinski definition) is 5. The van der Waals surface area contributed by atoms with Crippen molar-refractivity contribution in [3.63, 3.8) is 0 Å². The molecule has 0 saturated heterocycles. The monoisotopic (exact) mass is 346 g/mol. The maximum atomic E-state index is 13.3. The zero-order valence-electron chi connectivity index (χ0n) is 12.4. The molecule has 4 heterocycles. The molecule has 0 saturated carbocycles. The van der Waals surface area contributed by atoms with Gasteiger partial charge in [0.15, 0.2) is 5.82 Å². The van der Waals surface area contributed by atoms with Crippen LogP contribution in [0.15, 0.2) is 35.6 Å². The zero-order valence-corrected chi connectivity index (χ0v) is 13.2. The van der Waals surface area contributed by atoms with Gasteiger partial charge >= 0.3 is 0 Å². The quantitative estimate of drug-likeness (QED) is 0.716. The van der Waals surface area contributed by atoms with Gasteiger partial charge in [-0.1, -0.05) is 11.6 Å². The van der Waals surface area contributed by atoms with E-state index in [9.17, 15) is 9.18 Å². The van der Waals surface area contributed by atoms with Crippen molar-refractivity contribution < 1.29 is 4.39 Å². The molecule has 3 aromatic heterocycles. The summed E-state index contributed by atoms with van der Waals surface area (Å²) in [6.07, 6.45) is 4.86. The van der Waals surface area contributed by atoms with Crippen molar-refractivity contribution in [3.05, 3.63) is 57.9 Å². The fourth-order valence-electron chi connectivity index (χ4n) is 2.71. The van der Waals surface area contributed by atoms with E-state index >= 15 is 0 Å². The molecule has 0 atom stereocenters. The Balaban J connectivity index is 1.77. The molecule has 3 aromatic rings. The minimum absolute atomic E-state index is 0.0150. The van der Waals surface area contributed by atoms with Crippen molar-refractivity contribution in [2.24, 2.45) is 0 Å². The Hall–Kier alpha value is -2.74. The third-order valence-electron chi connectivity index (χ3n) is 3.91. The van der Waals surface area contributed by atoms with E-state index in [1.54, 1.807) is 18.6 Å². The van der Waals surface area contributed by atoms with Crippen molar-refractivity contribution in [1.82, 2.24) is 24.5 Å². The molecular formula is C15H12ClFN6O. The summed E-state index contributed by atoms with van der Waals surface area (Å²) in [6.45, 7) is 1.91. The smallest absolute Gasteiger partial charge is 0.272 e. The lowest BCUT2D eigenvalue weighted by Crippen LogP contribution is -2.35. The number of aromatic amines is 1. The number of fused-ring (bicyclic) bond motifs is 1. The fraction of sp³-hybridized carbons (Fsp3) is 0.200. The highest BCUT2D eigenvalue weighted by molar-refractivity contribution is 6.32. The SMILES string of the molecule is O=c1[nH]c(-c2ccnc(F)c2)nc(N2CCn3cncc3C2)c1Cl. The summed E-state index contributed by atoms with van der Waals surface area (Å²) < 4.78 is 15.4. The maximum absolute atomic E-state index is 13.3. The van der Waals surface area contributed by atoms with E-state index in [4.69, 9.17) is 11.6 Å². The van der Waals surface area contributed by atoms with Gasteiger partial charge in [0.1, 0.15) is 10.8 Å². The Bertz CT molecular complexity index is 969. The van der Waals surface area contributed by atoms with Crippen molar-refractivity contribution in [1.29, 1.82) is 0 Å². The van der Waals surface area contributed by atoms with Crippen molar-refractivity contribution in [2.45, 2.75) is 13.1 Å². The van der Waals surface area contributed by atoms with E-state index in [0.717, 1.165) is 12.2 Å². The summed E-state index contributed by atoms with van der Waals surface area (Å²) >= 11 is 6.16. The van der Waals surface area contributed by atoms with Gasteiger partial charge in [0.2, 0.25) is 5.95 Å². The average molecular weight is 347 g/mol. The largest absolute Gasteiger partial charge is 0.347 e. The fourth-order valence-corrected chi connectivity index (χ4v) is 2.92. The maximum Gasteiger partial charge on any atom is 0.272 e. The molecule has 0 spiro atoms. The molecule has 0 radical (unpaired) electrons. The van der Waals surface area contributed by atoms with Gasteiger partial charge in [-0.25, -0.2) is 15.0 Å². The lowest BCUT2D eigenvalue weighted by molar-refractivity contribution is 0.567. The lowest BCUT2D eigenvalue weighted by Gasteiger charge is -2.29. The normalized spacial score (nSPS) is 13.8. The predicted octanol–water partition coefficient (Wildman–Crippen LogP) is 1.84. The number of nitrogens with one attached hydrogen (secondary N) is 1. The van der Waals surface area contributed by atoms with Crippen LogP contribution in [0.1, 0.15) is 5.69 Å². The number of nitrogens with zero attached hydrogens (tertiary/aromatic N) is 5. The zero-order chi connectivity index (χ0) is 16.7. The predicted molar refractivity (Wildman–Crippen MR) is 86.3 cm³/mol. The van der Waals surface area contributed by atoms with Crippen molar-refractivity contribution >= 4 is 17.4 Å². The minimum atomic E-state index is -0.645. The summed E-state index contributed by atoms with van der Waals surface area (Å²) in [5.41, 5.74) is 0.975. The second-order valence-corrected chi connectivity index (χ2v) is 5.80. The first-order chi connectivity index (χ1) is 11.6. The molecule has 7 nitrogen and oxygen atoms in total. The van der Waals surface area contributed by atoms with Crippen molar-refractivity contribution in [2.75, 3.05) is 11.4 Å². The summed E-state index contributed by atoms with van der Waals surface area (Å²) in [4.78, 5) is 28.7. The molecule has 0 amide bonds. The number of halogens is 2. The number of aromatic nitrogens is 5. The third kappa shape index (κ3) is 2.54. The van der Waals surface area contributed by atoms with Gasteiger partial charge in [-0.3, -0.25) is 4.79 Å². The van der Waals surface area contributed by atoms with Gasteiger partial charge in [-0.05, 0) is 6.07 Å². The van der Waals surface area contributed by atoms with Crippen LogP contribution in [0.5, 0.6) is 0 Å². The Labute approximate surface area is 140 Å². The second kappa shape index (κ2) is 5.72. The first-order valence-electron chi connectivity index (χ1n) is 7.27. The molecule has 9 heteroatoms. The van der Waals surface area contributed by atoms with E-state index in [-0.39, 0.29) is 10.8 Å². The van der Waals surface area contributed by atoms with Crippen LogP contribution in [0.25, 0.3) is 11.4 Å². The first kappa shape index (κ1) is 14.8. The number of hydrogen-bond donors (Lipinski definition) is 1. The van der Waals surface area contributed by atoms with E-state index in [1.807, 2.05) is 9.47 Å². The molecule has 0 unspecified atom stereocenters. The van der Waals surface area contributed by atoms with Gasteiger partial charge in [0.25, 0.3) is 5.56 Å².